The van der Waals surface area contributed by atoms with E-state index in [1.165, 1.54) is 7.11 Å². The van der Waals surface area contributed by atoms with Crippen LogP contribution in [0, 0.1) is 0 Å². The summed E-state index contributed by atoms with van der Waals surface area (Å²) in [5, 5.41) is 13.1. The van der Waals surface area contributed by atoms with Crippen molar-refractivity contribution in [1.29, 1.82) is 0 Å². The van der Waals surface area contributed by atoms with Crippen molar-refractivity contribution in [3.8, 4) is 0 Å². The Bertz CT molecular complexity index is 793. The molecule has 2 N–H and O–H groups in total. The molecule has 2 aliphatic heterocycles. The molecule has 0 aromatic heterocycles. The van der Waals surface area contributed by atoms with Crippen LogP contribution in [-0.2, 0) is 39.8 Å². The van der Waals surface area contributed by atoms with Gasteiger partial charge < -0.3 is 38.8 Å². The molecule has 33 heavy (non-hydrogen) atoms. The molecule has 1 aromatic carbocycles. The number of amides is 1. The van der Waals surface area contributed by atoms with Crippen molar-refractivity contribution in [1.82, 2.24) is 5.32 Å². The number of methoxy groups -OCH3 is 1. The third-order valence-electron chi connectivity index (χ3n) is 5.29. The van der Waals surface area contributed by atoms with Gasteiger partial charge in [0.1, 0.15) is 30.6 Å². The van der Waals surface area contributed by atoms with E-state index in [0.29, 0.717) is 0 Å². The lowest BCUT2D eigenvalue weighted by Crippen LogP contribution is -2.67. The molecule has 186 valence electrons. The van der Waals surface area contributed by atoms with Gasteiger partial charge >= 0.3 is 0 Å². The number of alkyl halides is 3. The summed E-state index contributed by atoms with van der Waals surface area (Å²) in [5.74, 6) is -1.88. The van der Waals surface area contributed by atoms with E-state index in [1.54, 1.807) is 13.8 Å². The minimum absolute atomic E-state index is 0.0949. The summed E-state index contributed by atoms with van der Waals surface area (Å²) in [7, 11) is 1.46. The highest BCUT2D eigenvalue weighted by molar-refractivity contribution is 6.76. The van der Waals surface area contributed by atoms with Gasteiger partial charge in [0, 0.05) is 7.11 Å². The lowest BCUT2D eigenvalue weighted by atomic mass is 9.89. The van der Waals surface area contributed by atoms with Gasteiger partial charge in [-0.3, -0.25) is 4.79 Å². The average Bonchev–Trinajstić information content (AvgIpc) is 3.23. The van der Waals surface area contributed by atoms with Gasteiger partial charge in [0.2, 0.25) is 0 Å². The molecule has 0 bridgehead atoms. The van der Waals surface area contributed by atoms with Crippen molar-refractivity contribution in [3.05, 3.63) is 35.9 Å². The number of ether oxygens (including phenoxy) is 6. The quantitative estimate of drug-likeness (QED) is 0.352. The Kier molecular flexibility index (Phi) is 8.88. The van der Waals surface area contributed by atoms with Crippen LogP contribution in [-0.4, -0.2) is 77.9 Å². The molecule has 2 saturated heterocycles. The number of hydrogen-bond acceptors (Lipinski definition) is 8. The first-order chi connectivity index (χ1) is 15.5. The normalized spacial score (nSPS) is 28.3. The number of aliphatic hydroxyl groups is 1. The Balaban J connectivity index is 1.87. The molecular formula is C21H28Cl3NO8. The molecular weight excluding hydrogens is 501 g/mol. The first-order valence-electron chi connectivity index (χ1n) is 10.2. The topological polar surface area (TPSA) is 105 Å². The van der Waals surface area contributed by atoms with Gasteiger partial charge in [-0.2, -0.15) is 0 Å². The molecule has 0 saturated carbocycles. The lowest BCUT2D eigenvalue weighted by Gasteiger charge is -2.41. The summed E-state index contributed by atoms with van der Waals surface area (Å²) >= 11 is 17.4. The predicted molar refractivity (Wildman–Crippen MR) is 120 cm³/mol. The van der Waals surface area contributed by atoms with Crippen LogP contribution in [0.3, 0.4) is 0 Å². The Morgan fingerprint density at radius 2 is 1.91 bits per heavy atom. The zero-order valence-electron chi connectivity index (χ0n) is 18.5. The monoisotopic (exact) mass is 527 g/mol. The molecule has 1 aromatic rings. The zero-order chi connectivity index (χ0) is 24.3. The van der Waals surface area contributed by atoms with Crippen LogP contribution < -0.4 is 5.32 Å². The third kappa shape index (κ3) is 6.49. The van der Waals surface area contributed by atoms with Gasteiger partial charge in [-0.25, -0.2) is 0 Å². The van der Waals surface area contributed by atoms with E-state index in [0.717, 1.165) is 5.56 Å². The van der Waals surface area contributed by atoms with Crippen molar-refractivity contribution in [2.24, 2.45) is 0 Å². The van der Waals surface area contributed by atoms with Crippen molar-refractivity contribution >= 4 is 40.7 Å². The first kappa shape index (κ1) is 26.9. The summed E-state index contributed by atoms with van der Waals surface area (Å²) in [6.45, 7) is 2.78. The smallest absolute Gasteiger partial charge is 0.272 e. The van der Waals surface area contributed by atoms with Crippen molar-refractivity contribution in [2.45, 2.75) is 60.2 Å². The lowest BCUT2D eigenvalue weighted by molar-refractivity contribution is -0.239. The highest BCUT2D eigenvalue weighted by Crippen LogP contribution is 2.42. The predicted octanol–water partition coefficient (Wildman–Crippen LogP) is 2.29. The Morgan fingerprint density at radius 3 is 2.52 bits per heavy atom. The highest BCUT2D eigenvalue weighted by atomic mass is 35.6. The standard InChI is InChI=1S/C21H28Cl3NO8/c1-19(2)32-15-14(30-12-28-3)16(31-17(15)33-19)20(10-26,25-18(27)21(22,23)24)11-29-9-13-7-5-4-6-8-13/h4-8,14-17,26H,9-12H2,1-3H3,(H,25,27)/t14-,15-,16+,17-,20-/m1/s1. The Labute approximate surface area is 207 Å². The minimum atomic E-state index is -2.29. The molecule has 1 amide bonds. The number of aliphatic hydroxyl groups excluding tert-OH is 1. The van der Waals surface area contributed by atoms with Crippen LogP contribution >= 0.6 is 34.8 Å². The third-order valence-corrected chi connectivity index (χ3v) is 5.80. The molecule has 12 heteroatoms. The fourth-order valence-electron chi connectivity index (χ4n) is 3.84. The van der Waals surface area contributed by atoms with Crippen LogP contribution in [0.2, 0.25) is 0 Å². The van der Waals surface area contributed by atoms with Crippen LogP contribution in [0.25, 0.3) is 0 Å². The molecule has 0 radical (unpaired) electrons. The second-order valence-corrected chi connectivity index (χ2v) is 10.6. The minimum Gasteiger partial charge on any atom is -0.394 e. The fourth-order valence-corrected chi connectivity index (χ4v) is 3.98. The maximum Gasteiger partial charge on any atom is 0.272 e. The van der Waals surface area contributed by atoms with E-state index < -0.39 is 52.2 Å². The highest BCUT2D eigenvalue weighted by Gasteiger charge is 2.62. The summed E-state index contributed by atoms with van der Waals surface area (Å²) in [4.78, 5) is 12.6. The van der Waals surface area contributed by atoms with Gasteiger partial charge in [-0.05, 0) is 19.4 Å². The van der Waals surface area contributed by atoms with E-state index in [9.17, 15) is 9.90 Å². The molecule has 0 unspecified atom stereocenters. The second-order valence-electron chi connectivity index (χ2n) is 8.31. The number of fused-ring (bicyclic) bond motifs is 1. The van der Waals surface area contributed by atoms with Crippen LogP contribution in [0.15, 0.2) is 30.3 Å². The Hall–Kier alpha value is -0.720. The molecule has 3 rings (SSSR count). The van der Waals surface area contributed by atoms with E-state index in [-0.39, 0.29) is 20.0 Å². The van der Waals surface area contributed by atoms with Gasteiger partial charge in [0.05, 0.1) is 19.8 Å². The molecule has 0 spiro atoms. The van der Waals surface area contributed by atoms with Crippen molar-refractivity contribution in [2.75, 3.05) is 27.1 Å². The van der Waals surface area contributed by atoms with Gasteiger partial charge in [0.15, 0.2) is 12.1 Å². The van der Waals surface area contributed by atoms with E-state index in [4.69, 9.17) is 63.2 Å². The summed E-state index contributed by atoms with van der Waals surface area (Å²) in [6.07, 6.45) is -3.28. The molecule has 0 aliphatic carbocycles. The number of nitrogens with one attached hydrogen (secondary N) is 1. The zero-order valence-corrected chi connectivity index (χ0v) is 20.7. The maximum atomic E-state index is 12.6. The van der Waals surface area contributed by atoms with Gasteiger partial charge in [-0.1, -0.05) is 65.1 Å². The number of halogens is 3. The van der Waals surface area contributed by atoms with Gasteiger partial charge in [-0.15, -0.1) is 0 Å². The van der Waals surface area contributed by atoms with E-state index in [1.807, 2.05) is 30.3 Å². The van der Waals surface area contributed by atoms with Crippen molar-refractivity contribution < 1.29 is 38.3 Å². The number of carbonyl (C=O) groups is 1. The molecule has 2 heterocycles. The van der Waals surface area contributed by atoms with Crippen LogP contribution in [0.1, 0.15) is 19.4 Å². The fraction of sp³-hybridized carbons (Fsp3) is 0.667. The number of carbonyl (C=O) groups excluding carboxylic acids is 1. The molecule has 5 atom stereocenters. The summed E-state index contributed by atoms with van der Waals surface area (Å²) in [6, 6.07) is 9.38. The SMILES string of the molecule is COCO[C@@H]1[C@H]2OC(C)(C)O[C@H]2O[C@@H]1[C@@](CO)(COCc1ccccc1)NC(=O)C(Cl)(Cl)Cl. The van der Waals surface area contributed by atoms with Crippen LogP contribution in [0.4, 0.5) is 0 Å². The average molecular weight is 529 g/mol. The summed E-state index contributed by atoms with van der Waals surface area (Å²) in [5.41, 5.74) is -0.670. The van der Waals surface area contributed by atoms with Gasteiger partial charge in [0.25, 0.3) is 9.70 Å². The molecule has 2 aliphatic rings. The molecule has 9 nitrogen and oxygen atoms in total. The number of benzene rings is 1. The van der Waals surface area contributed by atoms with E-state index >= 15 is 0 Å². The van der Waals surface area contributed by atoms with Crippen molar-refractivity contribution in [3.63, 3.8) is 0 Å². The molecule has 2 fully saturated rings. The van der Waals surface area contributed by atoms with Crippen LogP contribution in [0.5, 0.6) is 0 Å². The second kappa shape index (κ2) is 10.9. The van der Waals surface area contributed by atoms with E-state index in [2.05, 4.69) is 5.32 Å². The maximum absolute atomic E-state index is 12.6. The number of rotatable bonds is 10. The number of hydrogen-bond donors (Lipinski definition) is 2. The summed E-state index contributed by atoms with van der Waals surface area (Å²) < 4.78 is 32.3. The Morgan fingerprint density at radius 1 is 1.21 bits per heavy atom. The first-order valence-corrected chi connectivity index (χ1v) is 11.4. The largest absolute Gasteiger partial charge is 0.394 e.